The van der Waals surface area contributed by atoms with Crippen LogP contribution in [0.4, 0.5) is 0 Å². The normalized spacial score (nSPS) is 11.3. The van der Waals surface area contributed by atoms with Crippen LogP contribution in [0.15, 0.2) is 59.1 Å². The monoisotopic (exact) mass is 275 g/mol. The van der Waals surface area contributed by atoms with Crippen molar-refractivity contribution in [1.29, 1.82) is 0 Å². The van der Waals surface area contributed by atoms with E-state index < -0.39 is 0 Å². The number of rotatable bonds is 2. The van der Waals surface area contributed by atoms with Crippen LogP contribution in [0.3, 0.4) is 0 Å². The minimum atomic E-state index is 0.618. The summed E-state index contributed by atoms with van der Waals surface area (Å²) >= 11 is 0. The minimum absolute atomic E-state index is 0.618. The van der Waals surface area contributed by atoms with E-state index in [1.54, 1.807) is 0 Å². The number of hydrogen-bond acceptors (Lipinski definition) is 2. The van der Waals surface area contributed by atoms with Crippen molar-refractivity contribution in [2.45, 2.75) is 6.92 Å². The second-order valence-electron chi connectivity index (χ2n) is 5.21. The number of aromatic nitrogens is 1. The number of carbonyl (C=O) groups excluding carboxylic acids is 1. The lowest BCUT2D eigenvalue weighted by Gasteiger charge is -1.99. The molecule has 1 aromatic carbocycles. The van der Waals surface area contributed by atoms with Crippen molar-refractivity contribution in [2.75, 3.05) is 0 Å². The second-order valence-corrected chi connectivity index (χ2v) is 5.21. The van der Waals surface area contributed by atoms with Gasteiger partial charge in [0, 0.05) is 22.7 Å². The van der Waals surface area contributed by atoms with E-state index in [4.69, 9.17) is 4.42 Å². The van der Waals surface area contributed by atoms with Crippen molar-refractivity contribution in [3.63, 3.8) is 0 Å². The molecule has 0 aliphatic rings. The fourth-order valence-corrected chi connectivity index (χ4v) is 2.73. The van der Waals surface area contributed by atoms with Crippen molar-refractivity contribution in [3.8, 4) is 11.3 Å². The second kappa shape index (κ2) is 4.35. The number of nitrogens with zero attached hydrogens (tertiary/aromatic N) is 1. The van der Waals surface area contributed by atoms with E-state index in [1.165, 1.54) is 0 Å². The fraction of sp³-hybridized carbons (Fsp3) is 0.0556. The third-order valence-corrected chi connectivity index (χ3v) is 3.76. The Bertz CT molecular complexity index is 942. The molecule has 0 saturated carbocycles. The summed E-state index contributed by atoms with van der Waals surface area (Å²) in [7, 11) is 0. The Morgan fingerprint density at radius 2 is 1.95 bits per heavy atom. The van der Waals surface area contributed by atoms with Gasteiger partial charge in [-0.3, -0.25) is 4.79 Å². The van der Waals surface area contributed by atoms with E-state index >= 15 is 0 Å². The summed E-state index contributed by atoms with van der Waals surface area (Å²) in [6.45, 7) is 2.01. The molecule has 0 bridgehead atoms. The quantitative estimate of drug-likeness (QED) is 0.506. The van der Waals surface area contributed by atoms with Crippen molar-refractivity contribution in [3.05, 3.63) is 66.0 Å². The topological polar surface area (TPSA) is 34.6 Å². The van der Waals surface area contributed by atoms with Crippen molar-refractivity contribution < 1.29 is 9.21 Å². The zero-order chi connectivity index (χ0) is 14.4. The molecule has 4 rings (SSSR count). The Hall–Kier alpha value is -2.81. The minimum Gasteiger partial charge on any atom is -0.456 e. The molecule has 0 N–H and O–H groups in total. The molecule has 3 heterocycles. The van der Waals surface area contributed by atoms with Gasteiger partial charge < -0.3 is 8.82 Å². The van der Waals surface area contributed by atoms with Crippen LogP contribution in [0.1, 0.15) is 16.1 Å². The maximum Gasteiger partial charge on any atom is 0.167 e. The average molecular weight is 275 g/mol. The summed E-state index contributed by atoms with van der Waals surface area (Å²) in [6.07, 6.45) is 2.85. The molecule has 0 amide bonds. The fourth-order valence-electron chi connectivity index (χ4n) is 2.73. The molecule has 0 radical (unpaired) electrons. The van der Waals surface area contributed by atoms with Crippen LogP contribution in [-0.2, 0) is 0 Å². The van der Waals surface area contributed by atoms with Crippen LogP contribution in [0, 0.1) is 6.92 Å². The van der Waals surface area contributed by atoms with Gasteiger partial charge >= 0.3 is 0 Å². The van der Waals surface area contributed by atoms with Gasteiger partial charge in [-0.2, -0.15) is 0 Å². The van der Waals surface area contributed by atoms with E-state index in [0.29, 0.717) is 5.69 Å². The van der Waals surface area contributed by atoms with Crippen molar-refractivity contribution >= 4 is 22.8 Å². The Morgan fingerprint density at radius 3 is 2.76 bits per heavy atom. The lowest BCUT2D eigenvalue weighted by molar-refractivity contribution is 0.111. The van der Waals surface area contributed by atoms with Gasteiger partial charge in [-0.25, -0.2) is 0 Å². The standard InChI is InChI=1S/C18H13NO2/c1-12-6-7-14-9-15(16(11-20)19(14)10-12)18-8-13-4-2-3-5-17(13)21-18/h2-11H,1H3. The zero-order valence-corrected chi connectivity index (χ0v) is 11.5. The number of hydrogen-bond donors (Lipinski definition) is 0. The van der Waals surface area contributed by atoms with Gasteiger partial charge in [0.25, 0.3) is 0 Å². The largest absolute Gasteiger partial charge is 0.456 e. The molecule has 0 aliphatic heterocycles. The molecule has 3 aromatic heterocycles. The summed E-state index contributed by atoms with van der Waals surface area (Å²) in [5, 5.41) is 1.04. The summed E-state index contributed by atoms with van der Waals surface area (Å²) < 4.78 is 7.79. The SMILES string of the molecule is Cc1ccc2cc(-c3cc4ccccc4o3)c(C=O)n2c1. The van der Waals surface area contributed by atoms with Crippen molar-refractivity contribution in [2.24, 2.45) is 0 Å². The number of aryl methyl sites for hydroxylation is 1. The van der Waals surface area contributed by atoms with Crippen LogP contribution in [0.25, 0.3) is 27.8 Å². The van der Waals surface area contributed by atoms with E-state index in [9.17, 15) is 4.79 Å². The summed E-state index contributed by atoms with van der Waals surface area (Å²) in [4.78, 5) is 11.5. The van der Waals surface area contributed by atoms with Gasteiger partial charge in [0.15, 0.2) is 6.29 Å². The van der Waals surface area contributed by atoms with Crippen LogP contribution < -0.4 is 0 Å². The molecule has 4 aromatic rings. The molecule has 3 heteroatoms. The van der Waals surface area contributed by atoms with Crippen LogP contribution >= 0.6 is 0 Å². The maximum absolute atomic E-state index is 11.5. The lowest BCUT2D eigenvalue weighted by atomic mass is 10.2. The molecule has 0 fully saturated rings. The molecule has 0 atom stereocenters. The first-order valence-electron chi connectivity index (χ1n) is 6.82. The predicted molar refractivity (Wildman–Crippen MR) is 82.7 cm³/mol. The number of aldehydes is 1. The van der Waals surface area contributed by atoms with Crippen LogP contribution in [-0.4, -0.2) is 10.7 Å². The number of pyridine rings is 1. The van der Waals surface area contributed by atoms with Crippen molar-refractivity contribution in [1.82, 2.24) is 4.40 Å². The highest BCUT2D eigenvalue weighted by Gasteiger charge is 2.15. The van der Waals surface area contributed by atoms with Crippen LogP contribution in [0.5, 0.6) is 0 Å². The molecule has 0 unspecified atom stereocenters. The Morgan fingerprint density at radius 1 is 1.10 bits per heavy atom. The first kappa shape index (κ1) is 12.0. The Kier molecular flexibility index (Phi) is 2.48. The maximum atomic E-state index is 11.5. The number of para-hydroxylation sites is 1. The summed E-state index contributed by atoms with van der Waals surface area (Å²) in [5.41, 5.74) is 4.37. The van der Waals surface area contributed by atoms with Gasteiger partial charge in [0.1, 0.15) is 11.3 Å². The predicted octanol–water partition coefficient (Wildman–Crippen LogP) is 4.47. The Balaban J connectivity index is 2.02. The smallest absolute Gasteiger partial charge is 0.167 e. The van der Waals surface area contributed by atoms with Gasteiger partial charge in [-0.15, -0.1) is 0 Å². The summed E-state index contributed by atoms with van der Waals surface area (Å²) in [5.74, 6) is 0.722. The molecule has 0 saturated heterocycles. The molecule has 3 nitrogen and oxygen atoms in total. The third kappa shape index (κ3) is 1.78. The van der Waals surface area contributed by atoms with Crippen LogP contribution in [0.2, 0.25) is 0 Å². The van der Waals surface area contributed by atoms with E-state index in [-0.39, 0.29) is 0 Å². The van der Waals surface area contributed by atoms with Gasteiger partial charge in [0.05, 0.1) is 5.69 Å². The molecule has 21 heavy (non-hydrogen) atoms. The Labute approximate surface area is 121 Å². The number of furan rings is 1. The molecule has 0 spiro atoms. The number of fused-ring (bicyclic) bond motifs is 2. The average Bonchev–Trinajstić information content (AvgIpc) is 3.07. The summed E-state index contributed by atoms with van der Waals surface area (Å²) in [6, 6.07) is 15.9. The highest BCUT2D eigenvalue weighted by Crippen LogP contribution is 2.31. The van der Waals surface area contributed by atoms with Gasteiger partial charge in [-0.05, 0) is 36.8 Å². The highest BCUT2D eigenvalue weighted by molar-refractivity contribution is 5.91. The highest BCUT2D eigenvalue weighted by atomic mass is 16.3. The van der Waals surface area contributed by atoms with E-state index in [1.807, 2.05) is 66.1 Å². The third-order valence-electron chi connectivity index (χ3n) is 3.76. The first-order chi connectivity index (χ1) is 10.3. The van der Waals surface area contributed by atoms with Gasteiger partial charge in [0.2, 0.25) is 0 Å². The molecular formula is C18H13NO2. The van der Waals surface area contributed by atoms with Gasteiger partial charge in [-0.1, -0.05) is 24.3 Å². The van der Waals surface area contributed by atoms with E-state index in [2.05, 4.69) is 0 Å². The lowest BCUT2D eigenvalue weighted by Crippen LogP contribution is -1.92. The molecule has 0 aliphatic carbocycles. The zero-order valence-electron chi connectivity index (χ0n) is 11.5. The number of carbonyl (C=O) groups is 1. The molecule has 102 valence electrons. The van der Waals surface area contributed by atoms with E-state index in [0.717, 1.165) is 39.7 Å². The molecular weight excluding hydrogens is 262 g/mol. The first-order valence-corrected chi connectivity index (χ1v) is 6.82. The number of benzene rings is 1.